The molecule has 2 aromatic carbocycles. The van der Waals surface area contributed by atoms with Gasteiger partial charge in [0.15, 0.2) is 0 Å². The van der Waals surface area contributed by atoms with Crippen molar-refractivity contribution in [2.45, 2.75) is 13.8 Å². The van der Waals surface area contributed by atoms with E-state index in [1.165, 1.54) is 11.4 Å². The summed E-state index contributed by atoms with van der Waals surface area (Å²) >= 11 is 5.93. The lowest BCUT2D eigenvalue weighted by atomic mass is 10.2. The second-order valence-corrected chi connectivity index (χ2v) is 5.48. The molecule has 0 unspecified atom stereocenters. The van der Waals surface area contributed by atoms with Crippen molar-refractivity contribution in [3.05, 3.63) is 53.6 Å². The van der Waals surface area contributed by atoms with Crippen LogP contribution in [0.3, 0.4) is 0 Å². The molecule has 1 fully saturated rings. The summed E-state index contributed by atoms with van der Waals surface area (Å²) in [5.41, 5.74) is 9.12. The van der Waals surface area contributed by atoms with Crippen molar-refractivity contribution in [1.29, 1.82) is 0 Å². The molecule has 0 radical (unpaired) electrons. The van der Waals surface area contributed by atoms with Gasteiger partial charge in [0.2, 0.25) is 0 Å². The second-order valence-electron chi connectivity index (χ2n) is 5.05. The van der Waals surface area contributed by atoms with Gasteiger partial charge >= 0.3 is 0 Å². The predicted octanol–water partition coefficient (Wildman–Crippen LogP) is 4.28. The third-order valence-corrected chi connectivity index (χ3v) is 3.96. The van der Waals surface area contributed by atoms with E-state index in [2.05, 4.69) is 28.0 Å². The molecule has 1 heterocycles. The Morgan fingerprint density at radius 2 is 1.36 bits per heavy atom. The maximum atomic E-state index is 5.93. The van der Waals surface area contributed by atoms with Crippen LogP contribution >= 0.6 is 11.6 Å². The molecule has 3 rings (SSSR count). The van der Waals surface area contributed by atoms with E-state index >= 15 is 0 Å². The number of rotatable bonds is 2. The highest BCUT2D eigenvalue weighted by atomic mass is 35.5. The molecule has 0 amide bonds. The largest absolute Gasteiger partial charge is 0.399 e. The molecule has 118 valence electrons. The smallest absolute Gasteiger partial charge is 0.0407 e. The predicted molar refractivity (Wildman–Crippen MR) is 98.1 cm³/mol. The molecule has 4 heteroatoms. The summed E-state index contributed by atoms with van der Waals surface area (Å²) in [5.74, 6) is 0. The average Bonchev–Trinajstić information content (AvgIpc) is 2.58. The van der Waals surface area contributed by atoms with E-state index in [9.17, 15) is 0 Å². The minimum absolute atomic E-state index is 0.784. The SMILES string of the molecule is CC.Nc1cccc(N2CCN(c3ccc(Cl)cc3)CC2)c1. The Morgan fingerprint density at radius 3 is 1.91 bits per heavy atom. The van der Waals surface area contributed by atoms with Crippen molar-refractivity contribution in [2.75, 3.05) is 41.7 Å². The fourth-order valence-corrected chi connectivity index (χ4v) is 2.72. The van der Waals surface area contributed by atoms with E-state index in [1.807, 2.05) is 44.2 Å². The molecular weight excluding hydrogens is 294 g/mol. The minimum atomic E-state index is 0.784. The fraction of sp³-hybridized carbons (Fsp3) is 0.333. The van der Waals surface area contributed by atoms with Crippen LogP contribution in [0.4, 0.5) is 17.1 Å². The number of nitrogen functional groups attached to an aromatic ring is 1. The van der Waals surface area contributed by atoms with Gasteiger partial charge in [-0.05, 0) is 42.5 Å². The zero-order chi connectivity index (χ0) is 15.9. The first-order valence-corrected chi connectivity index (χ1v) is 8.21. The first kappa shape index (κ1) is 16.5. The summed E-state index contributed by atoms with van der Waals surface area (Å²) in [5, 5.41) is 0.784. The third kappa shape index (κ3) is 4.08. The first-order valence-electron chi connectivity index (χ1n) is 7.83. The van der Waals surface area contributed by atoms with E-state index in [-0.39, 0.29) is 0 Å². The van der Waals surface area contributed by atoms with Crippen LogP contribution in [0.5, 0.6) is 0 Å². The highest BCUT2D eigenvalue weighted by Gasteiger charge is 2.17. The van der Waals surface area contributed by atoms with Crippen LogP contribution < -0.4 is 15.5 Å². The topological polar surface area (TPSA) is 32.5 Å². The number of hydrogen-bond donors (Lipinski definition) is 1. The molecule has 1 saturated heterocycles. The Morgan fingerprint density at radius 1 is 0.818 bits per heavy atom. The Balaban J connectivity index is 0.000000847. The van der Waals surface area contributed by atoms with Crippen molar-refractivity contribution >= 4 is 28.7 Å². The third-order valence-electron chi connectivity index (χ3n) is 3.71. The number of hydrogen-bond acceptors (Lipinski definition) is 3. The lowest BCUT2D eigenvalue weighted by molar-refractivity contribution is 0.654. The van der Waals surface area contributed by atoms with Crippen LogP contribution in [-0.2, 0) is 0 Å². The van der Waals surface area contributed by atoms with E-state index in [1.54, 1.807) is 0 Å². The zero-order valence-electron chi connectivity index (χ0n) is 13.3. The number of nitrogens with zero attached hydrogens (tertiary/aromatic N) is 2. The molecule has 0 spiro atoms. The molecule has 2 aromatic rings. The first-order chi connectivity index (χ1) is 10.7. The van der Waals surface area contributed by atoms with Crippen LogP contribution in [0, 0.1) is 0 Å². The highest BCUT2D eigenvalue weighted by molar-refractivity contribution is 6.30. The molecule has 3 nitrogen and oxygen atoms in total. The van der Waals surface area contributed by atoms with E-state index < -0.39 is 0 Å². The number of piperazine rings is 1. The lowest BCUT2D eigenvalue weighted by Gasteiger charge is -2.37. The number of nitrogens with two attached hydrogens (primary N) is 1. The van der Waals surface area contributed by atoms with Gasteiger partial charge in [0.05, 0.1) is 0 Å². The van der Waals surface area contributed by atoms with Crippen LogP contribution in [-0.4, -0.2) is 26.2 Å². The Kier molecular flexibility index (Phi) is 5.96. The summed E-state index contributed by atoms with van der Waals surface area (Å²) in [7, 11) is 0. The standard InChI is InChI=1S/C16H18ClN3.C2H6/c17-13-4-6-15(7-5-13)19-8-10-20(11-9-19)16-3-1-2-14(18)12-16;1-2/h1-7,12H,8-11,18H2;1-2H3. The molecule has 0 bridgehead atoms. The normalized spacial score (nSPS) is 14.3. The summed E-state index contributed by atoms with van der Waals surface area (Å²) in [6.07, 6.45) is 0. The maximum absolute atomic E-state index is 5.93. The van der Waals surface area contributed by atoms with Crippen LogP contribution in [0.25, 0.3) is 0 Å². The van der Waals surface area contributed by atoms with Crippen molar-refractivity contribution in [3.8, 4) is 0 Å². The molecule has 0 aromatic heterocycles. The minimum Gasteiger partial charge on any atom is -0.399 e. The van der Waals surface area contributed by atoms with Crippen molar-refractivity contribution < 1.29 is 0 Å². The van der Waals surface area contributed by atoms with Gasteiger partial charge in [-0.1, -0.05) is 31.5 Å². The summed E-state index contributed by atoms with van der Waals surface area (Å²) in [6, 6.07) is 16.1. The molecule has 0 saturated carbocycles. The Hall–Kier alpha value is -1.87. The maximum Gasteiger partial charge on any atom is 0.0407 e. The van der Waals surface area contributed by atoms with Gasteiger partial charge in [0.1, 0.15) is 0 Å². The molecule has 1 aliphatic rings. The Bertz CT molecular complexity index is 575. The monoisotopic (exact) mass is 317 g/mol. The average molecular weight is 318 g/mol. The molecular formula is C18H24ClN3. The number of anilines is 3. The van der Waals surface area contributed by atoms with Gasteiger partial charge in [0, 0.05) is 48.3 Å². The molecule has 0 aliphatic carbocycles. The van der Waals surface area contributed by atoms with Gasteiger partial charge in [-0.15, -0.1) is 0 Å². The lowest BCUT2D eigenvalue weighted by Crippen LogP contribution is -2.46. The molecule has 0 atom stereocenters. The van der Waals surface area contributed by atoms with E-state index in [4.69, 9.17) is 17.3 Å². The quantitative estimate of drug-likeness (QED) is 0.839. The van der Waals surface area contributed by atoms with Crippen molar-refractivity contribution in [3.63, 3.8) is 0 Å². The van der Waals surface area contributed by atoms with Gasteiger partial charge in [0.25, 0.3) is 0 Å². The van der Waals surface area contributed by atoms with Gasteiger partial charge in [-0.3, -0.25) is 0 Å². The van der Waals surface area contributed by atoms with E-state index in [0.717, 1.165) is 36.9 Å². The van der Waals surface area contributed by atoms with Gasteiger partial charge in [-0.25, -0.2) is 0 Å². The second kappa shape index (κ2) is 7.95. The van der Waals surface area contributed by atoms with Crippen LogP contribution in [0.1, 0.15) is 13.8 Å². The fourth-order valence-electron chi connectivity index (χ4n) is 2.60. The molecule has 2 N–H and O–H groups in total. The van der Waals surface area contributed by atoms with Gasteiger partial charge in [-0.2, -0.15) is 0 Å². The Labute approximate surface area is 138 Å². The van der Waals surface area contributed by atoms with Gasteiger partial charge < -0.3 is 15.5 Å². The number of benzene rings is 2. The number of halogens is 1. The van der Waals surface area contributed by atoms with Crippen LogP contribution in [0.15, 0.2) is 48.5 Å². The summed E-state index contributed by atoms with van der Waals surface area (Å²) in [4.78, 5) is 4.77. The summed E-state index contributed by atoms with van der Waals surface area (Å²) < 4.78 is 0. The van der Waals surface area contributed by atoms with Crippen molar-refractivity contribution in [2.24, 2.45) is 0 Å². The van der Waals surface area contributed by atoms with E-state index in [0.29, 0.717) is 0 Å². The zero-order valence-corrected chi connectivity index (χ0v) is 14.1. The summed E-state index contributed by atoms with van der Waals surface area (Å²) in [6.45, 7) is 8.03. The van der Waals surface area contributed by atoms with Crippen molar-refractivity contribution in [1.82, 2.24) is 0 Å². The highest BCUT2D eigenvalue weighted by Crippen LogP contribution is 2.23. The molecule has 22 heavy (non-hydrogen) atoms. The molecule has 1 aliphatic heterocycles. The van der Waals surface area contributed by atoms with Crippen LogP contribution in [0.2, 0.25) is 5.02 Å².